The number of hydrogen-bond donors (Lipinski definition) is 0. The van der Waals surface area contributed by atoms with Gasteiger partial charge in [-0.15, -0.1) is 0 Å². The fraction of sp³-hybridized carbons (Fsp3) is 0.222. The molecule has 1 amide bonds. The lowest BCUT2D eigenvalue weighted by Crippen LogP contribution is -2.21. The van der Waals surface area contributed by atoms with Crippen LogP contribution < -0.4 is 5.01 Å². The fourth-order valence-electron chi connectivity index (χ4n) is 2.61. The standard InChI is InChI=1S/C18H19N3O/c1-12-10-15(14(3)20(12)4)11-17-13(2)19-21(18(17)22)16-8-6-5-7-9-16/h5-11H,1-4H3. The fourth-order valence-corrected chi connectivity index (χ4v) is 2.61. The molecule has 1 aromatic carbocycles. The van der Waals surface area contributed by atoms with Crippen LogP contribution in [0.15, 0.2) is 47.1 Å². The first kappa shape index (κ1) is 14.3. The summed E-state index contributed by atoms with van der Waals surface area (Å²) in [6.07, 6.45) is 1.94. The number of aromatic nitrogens is 1. The van der Waals surface area contributed by atoms with Crippen molar-refractivity contribution in [1.29, 1.82) is 0 Å². The number of amides is 1. The van der Waals surface area contributed by atoms with E-state index in [1.807, 2.05) is 50.4 Å². The van der Waals surface area contributed by atoms with Crippen LogP contribution in [0.25, 0.3) is 6.08 Å². The van der Waals surface area contributed by atoms with E-state index in [0.29, 0.717) is 5.57 Å². The predicted molar refractivity (Wildman–Crippen MR) is 89.9 cm³/mol. The van der Waals surface area contributed by atoms with Crippen molar-refractivity contribution >= 4 is 23.4 Å². The maximum absolute atomic E-state index is 12.7. The number of nitrogens with zero attached hydrogens (tertiary/aromatic N) is 3. The Hall–Kier alpha value is -2.62. The maximum Gasteiger partial charge on any atom is 0.280 e. The molecule has 0 saturated heterocycles. The lowest BCUT2D eigenvalue weighted by atomic mass is 10.1. The first-order chi connectivity index (χ1) is 10.5. The Morgan fingerprint density at radius 3 is 2.36 bits per heavy atom. The van der Waals surface area contributed by atoms with Crippen molar-refractivity contribution in [1.82, 2.24) is 4.57 Å². The molecule has 22 heavy (non-hydrogen) atoms. The second kappa shape index (κ2) is 5.30. The molecular formula is C18H19N3O. The zero-order chi connectivity index (χ0) is 15.9. The van der Waals surface area contributed by atoms with Crippen molar-refractivity contribution in [3.8, 4) is 0 Å². The van der Waals surface area contributed by atoms with E-state index in [1.54, 1.807) is 0 Å². The zero-order valence-corrected chi connectivity index (χ0v) is 13.3. The van der Waals surface area contributed by atoms with Crippen LogP contribution in [0.4, 0.5) is 5.69 Å². The summed E-state index contributed by atoms with van der Waals surface area (Å²) in [4.78, 5) is 12.7. The Morgan fingerprint density at radius 2 is 1.77 bits per heavy atom. The van der Waals surface area contributed by atoms with E-state index in [1.165, 1.54) is 10.7 Å². The summed E-state index contributed by atoms with van der Waals surface area (Å²) in [5.74, 6) is -0.0791. The molecule has 0 aliphatic carbocycles. The van der Waals surface area contributed by atoms with Gasteiger partial charge in [0.15, 0.2) is 0 Å². The van der Waals surface area contributed by atoms with E-state index in [4.69, 9.17) is 0 Å². The topological polar surface area (TPSA) is 37.6 Å². The van der Waals surface area contributed by atoms with Crippen LogP contribution in [0.5, 0.6) is 0 Å². The van der Waals surface area contributed by atoms with Gasteiger partial charge in [0.1, 0.15) is 0 Å². The number of para-hydroxylation sites is 1. The SMILES string of the molecule is CC1=NN(c2ccccc2)C(=O)C1=Cc1cc(C)n(C)c1C. The van der Waals surface area contributed by atoms with Crippen molar-refractivity contribution in [2.24, 2.45) is 12.1 Å². The van der Waals surface area contributed by atoms with Gasteiger partial charge in [0, 0.05) is 18.4 Å². The molecule has 0 unspecified atom stereocenters. The Balaban J connectivity index is 2.00. The highest BCUT2D eigenvalue weighted by Crippen LogP contribution is 2.26. The van der Waals surface area contributed by atoms with E-state index in [2.05, 4.69) is 29.6 Å². The summed E-state index contributed by atoms with van der Waals surface area (Å²) >= 11 is 0. The number of anilines is 1. The summed E-state index contributed by atoms with van der Waals surface area (Å²) < 4.78 is 2.12. The second-order valence-corrected chi connectivity index (χ2v) is 5.58. The number of hydrazone groups is 1. The van der Waals surface area contributed by atoms with E-state index in [9.17, 15) is 4.79 Å². The molecular weight excluding hydrogens is 274 g/mol. The van der Waals surface area contributed by atoms with Crippen molar-refractivity contribution in [3.05, 3.63) is 58.9 Å². The van der Waals surface area contributed by atoms with Crippen LogP contribution in [0.3, 0.4) is 0 Å². The van der Waals surface area contributed by atoms with E-state index >= 15 is 0 Å². The lowest BCUT2D eigenvalue weighted by Gasteiger charge is -2.11. The van der Waals surface area contributed by atoms with Gasteiger partial charge in [-0.1, -0.05) is 18.2 Å². The van der Waals surface area contributed by atoms with Crippen molar-refractivity contribution in [2.75, 3.05) is 5.01 Å². The molecule has 1 aliphatic rings. The van der Waals surface area contributed by atoms with Crippen LogP contribution in [0.1, 0.15) is 23.9 Å². The summed E-state index contributed by atoms with van der Waals surface area (Å²) in [6, 6.07) is 11.6. The van der Waals surface area contributed by atoms with Crippen molar-refractivity contribution in [3.63, 3.8) is 0 Å². The smallest absolute Gasteiger partial charge is 0.280 e. The molecule has 1 aromatic heterocycles. The molecule has 0 atom stereocenters. The number of benzene rings is 1. The van der Waals surface area contributed by atoms with Gasteiger partial charge in [0.25, 0.3) is 5.91 Å². The molecule has 0 radical (unpaired) electrons. The molecule has 2 aromatic rings. The number of rotatable bonds is 2. The molecule has 0 saturated carbocycles. The van der Waals surface area contributed by atoms with Crippen molar-refractivity contribution in [2.45, 2.75) is 20.8 Å². The summed E-state index contributed by atoms with van der Waals surface area (Å²) in [5, 5.41) is 5.87. The molecule has 112 valence electrons. The number of carbonyl (C=O) groups excluding carboxylic acids is 1. The minimum Gasteiger partial charge on any atom is -0.352 e. The minimum atomic E-state index is -0.0791. The van der Waals surface area contributed by atoms with Gasteiger partial charge in [0.05, 0.1) is 17.0 Å². The van der Waals surface area contributed by atoms with Gasteiger partial charge in [-0.05, 0) is 50.6 Å². The quantitative estimate of drug-likeness (QED) is 0.781. The average Bonchev–Trinajstić information content (AvgIpc) is 2.93. The van der Waals surface area contributed by atoms with Gasteiger partial charge in [-0.3, -0.25) is 4.79 Å². The van der Waals surface area contributed by atoms with Gasteiger partial charge in [0.2, 0.25) is 0 Å². The Kier molecular flexibility index (Phi) is 3.45. The molecule has 4 heteroatoms. The normalized spacial score (nSPS) is 16.5. The maximum atomic E-state index is 12.7. The highest BCUT2D eigenvalue weighted by Gasteiger charge is 2.28. The number of aryl methyl sites for hydroxylation is 1. The highest BCUT2D eigenvalue weighted by atomic mass is 16.2. The van der Waals surface area contributed by atoms with E-state index in [-0.39, 0.29) is 5.91 Å². The summed E-state index contributed by atoms with van der Waals surface area (Å²) in [7, 11) is 2.03. The van der Waals surface area contributed by atoms with Gasteiger partial charge in [-0.2, -0.15) is 10.1 Å². The molecule has 0 bridgehead atoms. The van der Waals surface area contributed by atoms with Crippen LogP contribution in [-0.4, -0.2) is 16.2 Å². The highest BCUT2D eigenvalue weighted by molar-refractivity contribution is 6.32. The first-order valence-electron chi connectivity index (χ1n) is 7.28. The molecule has 0 N–H and O–H groups in total. The Morgan fingerprint density at radius 1 is 1.09 bits per heavy atom. The van der Waals surface area contributed by atoms with Crippen molar-refractivity contribution < 1.29 is 4.79 Å². The summed E-state index contributed by atoms with van der Waals surface area (Å²) in [6.45, 7) is 5.99. The van der Waals surface area contributed by atoms with Crippen LogP contribution >= 0.6 is 0 Å². The molecule has 3 rings (SSSR count). The summed E-state index contributed by atoms with van der Waals surface area (Å²) in [5.41, 5.74) is 5.56. The average molecular weight is 293 g/mol. The zero-order valence-electron chi connectivity index (χ0n) is 13.3. The lowest BCUT2D eigenvalue weighted by molar-refractivity contribution is -0.114. The third kappa shape index (κ3) is 2.26. The molecule has 2 heterocycles. The van der Waals surface area contributed by atoms with Crippen LogP contribution in [0.2, 0.25) is 0 Å². The van der Waals surface area contributed by atoms with Crippen LogP contribution in [-0.2, 0) is 11.8 Å². The molecule has 0 fully saturated rings. The number of hydrogen-bond acceptors (Lipinski definition) is 2. The predicted octanol–water partition coefficient (Wildman–Crippen LogP) is 3.45. The van der Waals surface area contributed by atoms with Crippen LogP contribution in [0, 0.1) is 13.8 Å². The van der Waals surface area contributed by atoms with E-state index < -0.39 is 0 Å². The second-order valence-electron chi connectivity index (χ2n) is 5.58. The largest absolute Gasteiger partial charge is 0.352 e. The minimum absolute atomic E-state index is 0.0791. The Labute approximate surface area is 130 Å². The molecule has 0 spiro atoms. The van der Waals surface area contributed by atoms with Gasteiger partial charge < -0.3 is 4.57 Å². The molecule has 1 aliphatic heterocycles. The van der Waals surface area contributed by atoms with E-state index in [0.717, 1.165) is 22.7 Å². The third-order valence-electron chi connectivity index (χ3n) is 4.18. The number of carbonyl (C=O) groups is 1. The third-order valence-corrected chi connectivity index (χ3v) is 4.18. The van der Waals surface area contributed by atoms with Gasteiger partial charge in [-0.25, -0.2) is 0 Å². The molecule has 4 nitrogen and oxygen atoms in total. The first-order valence-corrected chi connectivity index (χ1v) is 7.28. The Bertz CT molecular complexity index is 797. The van der Waals surface area contributed by atoms with Gasteiger partial charge >= 0.3 is 0 Å². The monoisotopic (exact) mass is 293 g/mol.